The summed E-state index contributed by atoms with van der Waals surface area (Å²) in [6.45, 7) is 0.604. The number of hydrogen-bond acceptors (Lipinski definition) is 6. The first-order valence-corrected chi connectivity index (χ1v) is 9.47. The number of carbonyl (C=O) groups is 1. The van der Waals surface area contributed by atoms with Crippen molar-refractivity contribution in [3.63, 3.8) is 0 Å². The molecule has 0 saturated carbocycles. The maximum atomic E-state index is 12.2. The lowest BCUT2D eigenvalue weighted by molar-refractivity contribution is 0.0729. The quantitative estimate of drug-likeness (QED) is 0.199. The standard InChI is InChI=1S/C22H20N4O3S/c1-28-20-12-17(9-10-19(20)29-21(27)18-8-5-11-23-15-18)14-25-26-22(30)24-13-16-6-3-2-4-7-16/h2-12,14-15H,13H2,1H3,(H2,24,26,30). The molecule has 1 aromatic heterocycles. The number of hydrogen-bond donors (Lipinski definition) is 2. The highest BCUT2D eigenvalue weighted by Crippen LogP contribution is 2.28. The van der Waals surface area contributed by atoms with E-state index in [4.69, 9.17) is 21.7 Å². The number of nitrogens with zero attached hydrogens (tertiary/aromatic N) is 2. The molecule has 0 bridgehead atoms. The third-order valence-corrected chi connectivity index (χ3v) is 4.20. The molecule has 8 heteroatoms. The molecular formula is C22H20N4O3S. The van der Waals surface area contributed by atoms with Gasteiger partial charge in [-0.05, 0) is 53.7 Å². The Morgan fingerprint density at radius 2 is 1.97 bits per heavy atom. The van der Waals surface area contributed by atoms with Gasteiger partial charge in [-0.25, -0.2) is 4.79 Å². The zero-order chi connectivity index (χ0) is 21.2. The summed E-state index contributed by atoms with van der Waals surface area (Å²) in [5, 5.41) is 7.60. The molecule has 0 amide bonds. The molecule has 0 atom stereocenters. The summed E-state index contributed by atoms with van der Waals surface area (Å²) in [6, 6.07) is 18.3. The molecule has 1 heterocycles. The Morgan fingerprint density at radius 1 is 1.13 bits per heavy atom. The SMILES string of the molecule is COc1cc(C=NNC(=S)NCc2ccccc2)ccc1OC(=O)c1cccnc1. The summed E-state index contributed by atoms with van der Waals surface area (Å²) >= 11 is 5.21. The maximum Gasteiger partial charge on any atom is 0.345 e. The lowest BCUT2D eigenvalue weighted by Crippen LogP contribution is -2.31. The van der Waals surface area contributed by atoms with Crippen molar-refractivity contribution in [2.75, 3.05) is 7.11 Å². The second-order valence-corrected chi connectivity index (χ2v) is 6.49. The van der Waals surface area contributed by atoms with Crippen LogP contribution in [0.4, 0.5) is 0 Å². The average molecular weight is 420 g/mol. The van der Waals surface area contributed by atoms with Crippen LogP contribution in [-0.4, -0.2) is 29.4 Å². The van der Waals surface area contributed by atoms with Crippen molar-refractivity contribution < 1.29 is 14.3 Å². The number of rotatable bonds is 7. The molecule has 0 saturated heterocycles. The molecular weight excluding hydrogens is 400 g/mol. The molecule has 3 rings (SSSR count). The van der Waals surface area contributed by atoms with E-state index in [0.717, 1.165) is 11.1 Å². The van der Waals surface area contributed by atoms with E-state index in [0.29, 0.717) is 28.7 Å². The highest BCUT2D eigenvalue weighted by Gasteiger charge is 2.12. The van der Waals surface area contributed by atoms with Crippen LogP contribution in [0.25, 0.3) is 0 Å². The lowest BCUT2D eigenvalue weighted by Gasteiger charge is -2.10. The predicted molar refractivity (Wildman–Crippen MR) is 119 cm³/mol. The molecule has 3 aromatic rings. The lowest BCUT2D eigenvalue weighted by atomic mass is 10.2. The van der Waals surface area contributed by atoms with Crippen molar-refractivity contribution in [3.8, 4) is 11.5 Å². The molecule has 152 valence electrons. The van der Waals surface area contributed by atoms with Crippen LogP contribution in [0, 0.1) is 0 Å². The summed E-state index contributed by atoms with van der Waals surface area (Å²) in [5.41, 5.74) is 4.98. The molecule has 0 unspecified atom stereocenters. The Labute approximate surface area is 179 Å². The second-order valence-electron chi connectivity index (χ2n) is 6.08. The normalized spacial score (nSPS) is 10.4. The number of ether oxygens (including phenoxy) is 2. The number of carbonyl (C=O) groups excluding carboxylic acids is 1. The summed E-state index contributed by atoms with van der Waals surface area (Å²) in [5.74, 6) is 0.191. The molecule has 0 aliphatic heterocycles. The first-order valence-electron chi connectivity index (χ1n) is 9.07. The van der Waals surface area contributed by atoms with E-state index in [-0.39, 0.29) is 0 Å². The van der Waals surface area contributed by atoms with Crippen LogP contribution >= 0.6 is 12.2 Å². The van der Waals surface area contributed by atoms with Gasteiger partial charge in [0.2, 0.25) is 0 Å². The number of methoxy groups -OCH3 is 1. The molecule has 0 aliphatic carbocycles. The summed E-state index contributed by atoms with van der Waals surface area (Å²) in [6.07, 6.45) is 4.62. The number of aromatic nitrogens is 1. The fourth-order valence-electron chi connectivity index (χ4n) is 2.47. The number of thiocarbonyl (C=S) groups is 1. The van der Waals surface area contributed by atoms with Gasteiger partial charge in [-0.1, -0.05) is 30.3 Å². The molecule has 0 spiro atoms. The highest BCUT2D eigenvalue weighted by molar-refractivity contribution is 7.80. The molecule has 30 heavy (non-hydrogen) atoms. The Kier molecular flexibility index (Phi) is 7.45. The van der Waals surface area contributed by atoms with Crippen molar-refractivity contribution in [2.45, 2.75) is 6.54 Å². The number of nitrogens with one attached hydrogen (secondary N) is 2. The van der Waals surface area contributed by atoms with Crippen LogP contribution in [0.2, 0.25) is 0 Å². The van der Waals surface area contributed by atoms with E-state index in [9.17, 15) is 4.79 Å². The first-order chi connectivity index (χ1) is 14.7. The van der Waals surface area contributed by atoms with Gasteiger partial charge in [0.25, 0.3) is 0 Å². The Hall–Kier alpha value is -3.78. The fourth-order valence-corrected chi connectivity index (χ4v) is 2.60. The Morgan fingerprint density at radius 3 is 2.70 bits per heavy atom. The van der Waals surface area contributed by atoms with Crippen LogP contribution < -0.4 is 20.2 Å². The van der Waals surface area contributed by atoms with Gasteiger partial charge in [0.15, 0.2) is 16.6 Å². The monoisotopic (exact) mass is 420 g/mol. The maximum absolute atomic E-state index is 12.2. The minimum absolute atomic E-state index is 0.302. The first kappa shape index (κ1) is 20.9. The number of esters is 1. The fraction of sp³-hybridized carbons (Fsp3) is 0.0909. The van der Waals surface area contributed by atoms with Crippen LogP contribution in [0.15, 0.2) is 78.2 Å². The van der Waals surface area contributed by atoms with Crippen LogP contribution in [-0.2, 0) is 6.54 Å². The largest absolute Gasteiger partial charge is 0.493 e. The molecule has 0 aliphatic rings. The third kappa shape index (κ3) is 6.11. The van der Waals surface area contributed by atoms with Crippen molar-refractivity contribution in [3.05, 3.63) is 89.7 Å². The minimum atomic E-state index is -0.515. The number of benzene rings is 2. The zero-order valence-electron chi connectivity index (χ0n) is 16.2. The molecule has 0 fully saturated rings. The third-order valence-electron chi connectivity index (χ3n) is 3.96. The number of pyridine rings is 1. The van der Waals surface area contributed by atoms with Gasteiger partial charge < -0.3 is 14.8 Å². The van der Waals surface area contributed by atoms with E-state index < -0.39 is 5.97 Å². The topological polar surface area (TPSA) is 84.8 Å². The average Bonchev–Trinajstić information content (AvgIpc) is 2.79. The minimum Gasteiger partial charge on any atom is -0.493 e. The summed E-state index contributed by atoms with van der Waals surface area (Å²) < 4.78 is 10.7. The van der Waals surface area contributed by atoms with Gasteiger partial charge in [-0.3, -0.25) is 10.4 Å². The van der Waals surface area contributed by atoms with Gasteiger partial charge in [-0.15, -0.1) is 0 Å². The van der Waals surface area contributed by atoms with Crippen LogP contribution in [0.3, 0.4) is 0 Å². The second kappa shape index (κ2) is 10.7. The van der Waals surface area contributed by atoms with E-state index in [1.165, 1.54) is 13.3 Å². The van der Waals surface area contributed by atoms with Crippen molar-refractivity contribution in [1.29, 1.82) is 0 Å². The van der Waals surface area contributed by atoms with Gasteiger partial charge in [-0.2, -0.15) is 5.10 Å². The highest BCUT2D eigenvalue weighted by atomic mass is 32.1. The Bertz CT molecular complexity index is 1030. The van der Waals surface area contributed by atoms with Gasteiger partial charge >= 0.3 is 5.97 Å². The smallest absolute Gasteiger partial charge is 0.345 e. The summed E-state index contributed by atoms with van der Waals surface area (Å²) in [7, 11) is 1.50. The molecule has 0 radical (unpaired) electrons. The van der Waals surface area contributed by atoms with Crippen LogP contribution in [0.5, 0.6) is 11.5 Å². The van der Waals surface area contributed by atoms with Crippen molar-refractivity contribution in [1.82, 2.24) is 15.7 Å². The van der Waals surface area contributed by atoms with Crippen molar-refractivity contribution >= 4 is 29.5 Å². The van der Waals surface area contributed by atoms with E-state index in [2.05, 4.69) is 20.8 Å². The Balaban J connectivity index is 1.56. The molecule has 7 nitrogen and oxygen atoms in total. The zero-order valence-corrected chi connectivity index (χ0v) is 17.1. The predicted octanol–water partition coefficient (Wildman–Crippen LogP) is 3.31. The van der Waals surface area contributed by atoms with Gasteiger partial charge in [0.05, 0.1) is 18.9 Å². The van der Waals surface area contributed by atoms with Gasteiger partial charge in [0, 0.05) is 18.9 Å². The van der Waals surface area contributed by atoms with E-state index in [1.54, 1.807) is 42.7 Å². The van der Waals surface area contributed by atoms with E-state index in [1.807, 2.05) is 30.3 Å². The molecule has 2 aromatic carbocycles. The number of hydrazone groups is 1. The van der Waals surface area contributed by atoms with E-state index >= 15 is 0 Å². The van der Waals surface area contributed by atoms with Crippen LogP contribution in [0.1, 0.15) is 21.5 Å². The van der Waals surface area contributed by atoms with Gasteiger partial charge in [0.1, 0.15) is 0 Å². The van der Waals surface area contributed by atoms with Crippen molar-refractivity contribution in [2.24, 2.45) is 5.10 Å². The summed E-state index contributed by atoms with van der Waals surface area (Å²) in [4.78, 5) is 16.1. The molecule has 2 N–H and O–H groups in total.